The zero-order chi connectivity index (χ0) is 6.91. The van der Waals surface area contributed by atoms with E-state index in [1.165, 1.54) is 12.8 Å². The highest BCUT2D eigenvalue weighted by Gasteiger charge is 2.37. The highest BCUT2D eigenvalue weighted by Crippen LogP contribution is 2.48. The molecule has 3 N–H and O–H groups in total. The van der Waals surface area contributed by atoms with Crippen LogP contribution in [-0.2, 0) is 0 Å². The van der Waals surface area contributed by atoms with E-state index >= 15 is 0 Å². The van der Waals surface area contributed by atoms with Crippen LogP contribution in [0, 0.1) is 5.41 Å². The smallest absolute Gasteiger partial charge is 0.0582 e. The van der Waals surface area contributed by atoms with Crippen molar-refractivity contribution in [3.8, 4) is 0 Å². The highest BCUT2D eigenvalue weighted by molar-refractivity contribution is 5.85. The van der Waals surface area contributed by atoms with Gasteiger partial charge >= 0.3 is 0 Å². The summed E-state index contributed by atoms with van der Waals surface area (Å²) in [5.74, 6) is 0. The van der Waals surface area contributed by atoms with Gasteiger partial charge in [-0.1, -0.05) is 6.92 Å². The molecule has 1 fully saturated rings. The first kappa shape index (κ1) is 10.2. The Morgan fingerprint density at radius 2 is 2.10 bits per heavy atom. The van der Waals surface area contributed by atoms with E-state index in [4.69, 9.17) is 10.8 Å². The van der Waals surface area contributed by atoms with Crippen molar-refractivity contribution < 1.29 is 5.11 Å². The van der Waals surface area contributed by atoms with Crippen molar-refractivity contribution in [3.05, 3.63) is 0 Å². The van der Waals surface area contributed by atoms with Crippen molar-refractivity contribution in [1.29, 1.82) is 0 Å². The molecule has 0 saturated heterocycles. The van der Waals surface area contributed by atoms with Gasteiger partial charge in [-0.3, -0.25) is 0 Å². The molecule has 1 rings (SSSR count). The summed E-state index contributed by atoms with van der Waals surface area (Å²) in [6.07, 6.45) is 3.57. The molecule has 0 bridgehead atoms. The standard InChI is InChI=1S/C7H15NO.ClH/c1-7(2-3-7)4-6(8)5-9;/h6,9H,2-5,8H2,1H3;1H. The Morgan fingerprint density at radius 1 is 1.60 bits per heavy atom. The van der Waals surface area contributed by atoms with Gasteiger partial charge in [-0.25, -0.2) is 0 Å². The van der Waals surface area contributed by atoms with Crippen LogP contribution in [0.15, 0.2) is 0 Å². The third kappa shape index (κ3) is 2.86. The molecule has 0 aromatic carbocycles. The van der Waals surface area contributed by atoms with Crippen molar-refractivity contribution >= 4 is 12.4 Å². The second kappa shape index (κ2) is 3.56. The Hall–Kier alpha value is 0.210. The summed E-state index contributed by atoms with van der Waals surface area (Å²) in [6, 6.07) is 0.0116. The van der Waals surface area contributed by atoms with E-state index in [2.05, 4.69) is 6.92 Å². The van der Waals surface area contributed by atoms with E-state index in [0.717, 1.165) is 6.42 Å². The largest absolute Gasteiger partial charge is 0.395 e. The fourth-order valence-electron chi connectivity index (χ4n) is 1.12. The lowest BCUT2D eigenvalue weighted by atomic mass is 10.0. The predicted octanol–water partition coefficient (Wildman–Crippen LogP) is 0.918. The Balaban J connectivity index is 0.000000810. The number of rotatable bonds is 3. The van der Waals surface area contributed by atoms with Crippen LogP contribution in [0.1, 0.15) is 26.2 Å². The molecule has 3 heteroatoms. The van der Waals surface area contributed by atoms with Crippen molar-refractivity contribution in [1.82, 2.24) is 0 Å². The Bertz CT molecular complexity index is 104. The maximum atomic E-state index is 8.60. The van der Waals surface area contributed by atoms with Crippen molar-refractivity contribution in [2.24, 2.45) is 11.1 Å². The maximum Gasteiger partial charge on any atom is 0.0582 e. The fraction of sp³-hybridized carbons (Fsp3) is 1.00. The van der Waals surface area contributed by atoms with Gasteiger partial charge < -0.3 is 10.8 Å². The highest BCUT2D eigenvalue weighted by atomic mass is 35.5. The van der Waals surface area contributed by atoms with Gasteiger partial charge in [-0.05, 0) is 24.7 Å². The van der Waals surface area contributed by atoms with Gasteiger partial charge in [-0.2, -0.15) is 0 Å². The summed E-state index contributed by atoms with van der Waals surface area (Å²) in [5, 5.41) is 8.60. The summed E-state index contributed by atoms with van der Waals surface area (Å²) >= 11 is 0. The first-order chi connectivity index (χ1) is 4.16. The summed E-state index contributed by atoms with van der Waals surface area (Å²) in [4.78, 5) is 0. The fourth-order valence-corrected chi connectivity index (χ4v) is 1.12. The van der Waals surface area contributed by atoms with Crippen LogP contribution >= 0.6 is 12.4 Å². The lowest BCUT2D eigenvalue weighted by molar-refractivity contribution is 0.243. The van der Waals surface area contributed by atoms with Gasteiger partial charge in [0.05, 0.1) is 6.61 Å². The molecular weight excluding hydrogens is 150 g/mol. The summed E-state index contributed by atoms with van der Waals surface area (Å²) in [5.41, 5.74) is 6.04. The Kier molecular flexibility index (Phi) is 3.63. The second-order valence-corrected chi connectivity index (χ2v) is 3.46. The first-order valence-electron chi connectivity index (χ1n) is 3.53. The van der Waals surface area contributed by atoms with E-state index in [9.17, 15) is 0 Å². The molecule has 10 heavy (non-hydrogen) atoms. The monoisotopic (exact) mass is 165 g/mol. The van der Waals surface area contributed by atoms with E-state index in [1.54, 1.807) is 0 Å². The average Bonchev–Trinajstić information content (AvgIpc) is 2.48. The van der Waals surface area contributed by atoms with E-state index in [0.29, 0.717) is 5.41 Å². The topological polar surface area (TPSA) is 46.2 Å². The van der Waals surface area contributed by atoms with E-state index in [-0.39, 0.29) is 25.1 Å². The molecule has 0 amide bonds. The first-order valence-corrected chi connectivity index (χ1v) is 3.53. The minimum atomic E-state index is 0. The van der Waals surface area contributed by atoms with E-state index in [1.807, 2.05) is 0 Å². The van der Waals surface area contributed by atoms with Crippen molar-refractivity contribution in [2.75, 3.05) is 6.61 Å². The summed E-state index contributed by atoms with van der Waals surface area (Å²) in [6.45, 7) is 2.36. The lowest BCUT2D eigenvalue weighted by Crippen LogP contribution is -2.27. The molecule has 0 aliphatic heterocycles. The quantitative estimate of drug-likeness (QED) is 0.654. The minimum Gasteiger partial charge on any atom is -0.395 e. The second-order valence-electron chi connectivity index (χ2n) is 3.46. The molecule has 1 aliphatic rings. The van der Waals surface area contributed by atoms with Gasteiger partial charge in [0.2, 0.25) is 0 Å². The molecule has 0 aromatic rings. The van der Waals surface area contributed by atoms with Gasteiger partial charge in [0.25, 0.3) is 0 Å². The average molecular weight is 166 g/mol. The molecule has 0 spiro atoms. The van der Waals surface area contributed by atoms with Gasteiger partial charge in [0, 0.05) is 6.04 Å². The maximum absolute atomic E-state index is 8.60. The summed E-state index contributed by atoms with van der Waals surface area (Å²) < 4.78 is 0. The third-order valence-corrected chi connectivity index (χ3v) is 2.09. The normalized spacial score (nSPS) is 23.1. The van der Waals surface area contributed by atoms with E-state index < -0.39 is 0 Å². The van der Waals surface area contributed by atoms with Crippen LogP contribution < -0.4 is 5.73 Å². The zero-order valence-corrected chi connectivity index (χ0v) is 7.16. The van der Waals surface area contributed by atoms with Crippen LogP contribution in [0.4, 0.5) is 0 Å². The number of hydrogen-bond acceptors (Lipinski definition) is 2. The van der Waals surface area contributed by atoms with Crippen molar-refractivity contribution in [2.45, 2.75) is 32.2 Å². The molecule has 0 aromatic heterocycles. The van der Waals surface area contributed by atoms with Crippen LogP contribution in [0.3, 0.4) is 0 Å². The molecule has 62 valence electrons. The number of halogens is 1. The predicted molar refractivity (Wildman–Crippen MR) is 44.3 cm³/mol. The van der Waals surface area contributed by atoms with Crippen molar-refractivity contribution in [3.63, 3.8) is 0 Å². The summed E-state index contributed by atoms with van der Waals surface area (Å²) in [7, 11) is 0. The molecule has 0 heterocycles. The van der Waals surface area contributed by atoms with Crippen LogP contribution in [0.2, 0.25) is 0 Å². The molecule has 1 aliphatic carbocycles. The molecule has 2 nitrogen and oxygen atoms in total. The van der Waals surface area contributed by atoms with Crippen LogP contribution in [-0.4, -0.2) is 17.8 Å². The number of aliphatic hydroxyl groups excluding tert-OH is 1. The van der Waals surface area contributed by atoms with Gasteiger partial charge in [0.15, 0.2) is 0 Å². The Morgan fingerprint density at radius 3 is 2.40 bits per heavy atom. The van der Waals surface area contributed by atoms with Gasteiger partial charge in [0.1, 0.15) is 0 Å². The lowest BCUT2D eigenvalue weighted by Gasteiger charge is -2.12. The molecule has 1 saturated carbocycles. The molecule has 1 atom stereocenters. The van der Waals surface area contributed by atoms with Gasteiger partial charge in [-0.15, -0.1) is 12.4 Å². The molecular formula is C7H16ClNO. The van der Waals surface area contributed by atoms with Crippen LogP contribution in [0.25, 0.3) is 0 Å². The third-order valence-electron chi connectivity index (χ3n) is 2.09. The molecule has 0 radical (unpaired) electrons. The SMILES string of the molecule is CC1(CC(N)CO)CC1.Cl. The number of aliphatic hydroxyl groups is 1. The zero-order valence-electron chi connectivity index (χ0n) is 6.34. The minimum absolute atomic E-state index is 0. The Labute approximate surface area is 68.2 Å². The number of hydrogen-bond donors (Lipinski definition) is 2. The van der Waals surface area contributed by atoms with Crippen LogP contribution in [0.5, 0.6) is 0 Å². The molecule has 1 unspecified atom stereocenters. The number of nitrogens with two attached hydrogens (primary N) is 1.